The van der Waals surface area contributed by atoms with Crippen molar-refractivity contribution in [1.82, 2.24) is 10.2 Å². The standard InChI is InChI=1S/C14H24N2O4Si2/c1-19-13(17)9-11(21(3,4)5)12(22(6,7)8)10(16-15-9)14(18)20-2/h1-8H3. The number of esters is 2. The fourth-order valence-corrected chi connectivity index (χ4v) is 8.09. The summed E-state index contributed by atoms with van der Waals surface area (Å²) in [5, 5.41) is 9.69. The van der Waals surface area contributed by atoms with Gasteiger partial charge in [-0.25, -0.2) is 9.59 Å². The summed E-state index contributed by atoms with van der Waals surface area (Å²) < 4.78 is 9.69. The first-order valence-corrected chi connectivity index (χ1v) is 14.0. The first-order valence-electron chi connectivity index (χ1n) is 7.03. The fourth-order valence-electron chi connectivity index (χ4n) is 2.38. The molecule has 0 N–H and O–H groups in total. The zero-order chi connectivity index (χ0) is 17.3. The third-order valence-corrected chi connectivity index (χ3v) is 7.45. The van der Waals surface area contributed by atoms with Gasteiger partial charge < -0.3 is 9.47 Å². The number of nitrogens with zero attached hydrogens (tertiary/aromatic N) is 2. The van der Waals surface area contributed by atoms with Crippen LogP contribution in [0, 0.1) is 0 Å². The van der Waals surface area contributed by atoms with E-state index in [9.17, 15) is 9.59 Å². The first kappa shape index (κ1) is 18.5. The van der Waals surface area contributed by atoms with Crippen molar-refractivity contribution in [2.75, 3.05) is 14.2 Å². The minimum Gasteiger partial charge on any atom is -0.464 e. The highest BCUT2D eigenvalue weighted by Crippen LogP contribution is 2.12. The summed E-state index contributed by atoms with van der Waals surface area (Å²) in [5.74, 6) is -1.03. The van der Waals surface area contributed by atoms with Crippen LogP contribution in [0.2, 0.25) is 39.3 Å². The predicted octanol–water partition coefficient (Wildman–Crippen LogP) is 1.14. The first-order chi connectivity index (χ1) is 9.95. The van der Waals surface area contributed by atoms with Gasteiger partial charge in [0.1, 0.15) is 0 Å². The van der Waals surface area contributed by atoms with Gasteiger partial charge in [-0.2, -0.15) is 0 Å². The van der Waals surface area contributed by atoms with Gasteiger partial charge in [0, 0.05) is 0 Å². The molecular formula is C14H24N2O4Si2. The minimum absolute atomic E-state index is 0.228. The maximum Gasteiger partial charge on any atom is 0.358 e. The molecule has 1 rings (SSSR count). The van der Waals surface area contributed by atoms with Crippen molar-refractivity contribution in [2.45, 2.75) is 39.3 Å². The fraction of sp³-hybridized carbons (Fsp3) is 0.571. The molecule has 0 saturated heterocycles. The van der Waals surface area contributed by atoms with Crippen molar-refractivity contribution in [3.63, 3.8) is 0 Å². The molecule has 122 valence electrons. The highest BCUT2D eigenvalue weighted by atomic mass is 28.3. The second-order valence-corrected chi connectivity index (χ2v) is 17.1. The van der Waals surface area contributed by atoms with E-state index < -0.39 is 28.1 Å². The Morgan fingerprint density at radius 1 is 0.727 bits per heavy atom. The van der Waals surface area contributed by atoms with E-state index in [1.807, 2.05) is 0 Å². The van der Waals surface area contributed by atoms with Crippen LogP contribution in [0.5, 0.6) is 0 Å². The van der Waals surface area contributed by atoms with E-state index in [1.165, 1.54) is 14.2 Å². The molecule has 0 aliphatic heterocycles. The molecule has 1 aromatic heterocycles. The maximum atomic E-state index is 12.1. The van der Waals surface area contributed by atoms with E-state index in [-0.39, 0.29) is 11.4 Å². The lowest BCUT2D eigenvalue weighted by atomic mass is 10.3. The van der Waals surface area contributed by atoms with Crippen LogP contribution in [0.4, 0.5) is 0 Å². The molecule has 0 unspecified atom stereocenters. The quantitative estimate of drug-likeness (QED) is 0.604. The van der Waals surface area contributed by atoms with Gasteiger partial charge in [0.05, 0.1) is 30.4 Å². The highest BCUT2D eigenvalue weighted by Gasteiger charge is 2.38. The van der Waals surface area contributed by atoms with Crippen molar-refractivity contribution in [1.29, 1.82) is 0 Å². The Morgan fingerprint density at radius 3 is 1.18 bits per heavy atom. The monoisotopic (exact) mass is 340 g/mol. The molecular weight excluding hydrogens is 316 g/mol. The van der Waals surface area contributed by atoms with Crippen LogP contribution in [0.15, 0.2) is 0 Å². The van der Waals surface area contributed by atoms with Gasteiger partial charge in [0.2, 0.25) is 0 Å². The Labute approximate surface area is 133 Å². The smallest absolute Gasteiger partial charge is 0.358 e. The van der Waals surface area contributed by atoms with Gasteiger partial charge in [-0.1, -0.05) is 39.3 Å². The second-order valence-electron chi connectivity index (χ2n) is 7.13. The number of methoxy groups -OCH3 is 2. The van der Waals surface area contributed by atoms with Crippen LogP contribution in [0.3, 0.4) is 0 Å². The SMILES string of the molecule is COC(=O)c1nnc(C(=O)OC)c([Si](C)(C)C)c1[Si](C)(C)C. The van der Waals surface area contributed by atoms with Crippen LogP contribution < -0.4 is 10.4 Å². The van der Waals surface area contributed by atoms with E-state index >= 15 is 0 Å². The third kappa shape index (κ3) is 3.61. The number of carbonyl (C=O) groups is 2. The Kier molecular flexibility index (Phi) is 5.29. The lowest BCUT2D eigenvalue weighted by molar-refractivity contribution is 0.0576. The summed E-state index contributed by atoms with van der Waals surface area (Å²) in [5.41, 5.74) is 0.457. The van der Waals surface area contributed by atoms with Crippen molar-refractivity contribution >= 4 is 38.5 Å². The molecule has 1 heterocycles. The van der Waals surface area contributed by atoms with Crippen LogP contribution in [-0.2, 0) is 9.47 Å². The number of rotatable bonds is 4. The Morgan fingerprint density at radius 2 is 1.00 bits per heavy atom. The van der Waals surface area contributed by atoms with E-state index in [4.69, 9.17) is 9.47 Å². The topological polar surface area (TPSA) is 78.4 Å². The van der Waals surface area contributed by atoms with Crippen molar-refractivity contribution < 1.29 is 19.1 Å². The van der Waals surface area contributed by atoms with E-state index in [2.05, 4.69) is 49.5 Å². The zero-order valence-electron chi connectivity index (χ0n) is 14.5. The van der Waals surface area contributed by atoms with Gasteiger partial charge in [-0.3, -0.25) is 0 Å². The van der Waals surface area contributed by atoms with Gasteiger partial charge >= 0.3 is 11.9 Å². The second kappa shape index (κ2) is 6.29. The number of carbonyl (C=O) groups excluding carboxylic acids is 2. The maximum absolute atomic E-state index is 12.1. The van der Waals surface area contributed by atoms with Gasteiger partial charge in [-0.05, 0) is 10.4 Å². The lowest BCUT2D eigenvalue weighted by Gasteiger charge is -2.29. The molecule has 0 aromatic carbocycles. The number of ether oxygens (including phenoxy) is 2. The molecule has 8 heteroatoms. The van der Waals surface area contributed by atoms with E-state index in [0.717, 1.165) is 10.4 Å². The molecule has 0 aliphatic rings. The van der Waals surface area contributed by atoms with Crippen LogP contribution in [0.1, 0.15) is 21.0 Å². The van der Waals surface area contributed by atoms with E-state index in [1.54, 1.807) is 0 Å². The van der Waals surface area contributed by atoms with Crippen molar-refractivity contribution in [3.05, 3.63) is 11.4 Å². The largest absolute Gasteiger partial charge is 0.464 e. The summed E-state index contributed by atoms with van der Waals surface area (Å²) in [7, 11) is -1.32. The van der Waals surface area contributed by atoms with E-state index in [0.29, 0.717) is 0 Å². The Bertz CT molecular complexity index is 551. The van der Waals surface area contributed by atoms with Gasteiger partial charge in [0.25, 0.3) is 0 Å². The third-order valence-electron chi connectivity index (χ3n) is 3.23. The van der Waals surface area contributed by atoms with Crippen LogP contribution in [-0.4, -0.2) is 52.5 Å². The number of aromatic nitrogens is 2. The molecule has 6 nitrogen and oxygen atoms in total. The van der Waals surface area contributed by atoms with Crippen molar-refractivity contribution in [3.8, 4) is 0 Å². The van der Waals surface area contributed by atoms with Gasteiger partial charge in [-0.15, -0.1) is 10.2 Å². The van der Waals surface area contributed by atoms with Crippen LogP contribution in [0.25, 0.3) is 0 Å². The summed E-state index contributed by atoms with van der Waals surface area (Å²) in [6, 6.07) is 0. The average molecular weight is 341 g/mol. The van der Waals surface area contributed by atoms with Crippen molar-refractivity contribution in [2.24, 2.45) is 0 Å². The molecule has 0 radical (unpaired) electrons. The molecule has 0 saturated carbocycles. The lowest BCUT2D eigenvalue weighted by Crippen LogP contribution is -2.61. The summed E-state index contributed by atoms with van der Waals surface area (Å²) >= 11 is 0. The highest BCUT2D eigenvalue weighted by molar-refractivity contribution is 6.99. The summed E-state index contributed by atoms with van der Waals surface area (Å²) in [4.78, 5) is 24.2. The average Bonchev–Trinajstić information content (AvgIpc) is 2.42. The predicted molar refractivity (Wildman–Crippen MR) is 90.7 cm³/mol. The van der Waals surface area contributed by atoms with Crippen LogP contribution >= 0.6 is 0 Å². The molecule has 0 atom stereocenters. The summed E-state index contributed by atoms with van der Waals surface area (Å²) in [6.45, 7) is 12.7. The zero-order valence-corrected chi connectivity index (χ0v) is 16.5. The molecule has 0 aliphatic carbocycles. The molecule has 0 bridgehead atoms. The molecule has 22 heavy (non-hydrogen) atoms. The summed E-state index contributed by atoms with van der Waals surface area (Å²) in [6.07, 6.45) is 0. The van der Waals surface area contributed by atoms with Gasteiger partial charge in [0.15, 0.2) is 11.4 Å². The normalized spacial score (nSPS) is 12.0. The Hall–Kier alpha value is -1.55. The molecule has 0 amide bonds. The molecule has 0 fully saturated rings. The number of hydrogen-bond donors (Lipinski definition) is 0. The molecule has 0 spiro atoms. The molecule has 1 aromatic rings. The number of hydrogen-bond acceptors (Lipinski definition) is 6. The Balaban J connectivity index is 3.92. The minimum atomic E-state index is -1.98.